The Bertz CT molecular complexity index is 583. The molecule has 2 aromatic rings. The number of hydrogen-bond acceptors (Lipinski definition) is 6. The Hall–Kier alpha value is -2.08. The Morgan fingerprint density at radius 3 is 3.10 bits per heavy atom. The van der Waals surface area contributed by atoms with E-state index in [0.29, 0.717) is 24.0 Å². The molecule has 106 valence electrons. The second-order valence-corrected chi connectivity index (χ2v) is 4.98. The highest BCUT2D eigenvalue weighted by Gasteiger charge is 2.03. The molecule has 1 aromatic heterocycles. The molecule has 20 heavy (non-hydrogen) atoms. The topological polar surface area (TPSA) is 74.3 Å². The van der Waals surface area contributed by atoms with Crippen molar-refractivity contribution in [2.45, 2.75) is 19.9 Å². The van der Waals surface area contributed by atoms with Gasteiger partial charge in [0.1, 0.15) is 5.75 Å². The van der Waals surface area contributed by atoms with E-state index < -0.39 is 5.97 Å². The lowest BCUT2D eigenvalue weighted by Crippen LogP contribution is -2.24. The zero-order valence-electron chi connectivity index (χ0n) is 11.1. The third-order valence-electron chi connectivity index (χ3n) is 2.53. The summed E-state index contributed by atoms with van der Waals surface area (Å²) in [6.07, 6.45) is -0.155. The van der Waals surface area contributed by atoms with Gasteiger partial charge in [0.2, 0.25) is 0 Å². The summed E-state index contributed by atoms with van der Waals surface area (Å²) in [6.45, 7) is 3.19. The molecule has 0 aliphatic carbocycles. The fourth-order valence-corrected chi connectivity index (χ4v) is 2.42. The van der Waals surface area contributed by atoms with Crippen molar-refractivity contribution >= 4 is 22.4 Å². The Morgan fingerprint density at radius 1 is 1.50 bits per heavy atom. The lowest BCUT2D eigenvalue weighted by Gasteiger charge is -2.06. The first-order valence-corrected chi connectivity index (χ1v) is 7.15. The Kier molecular flexibility index (Phi) is 4.95. The number of carboxylic acid groups (broad SMARTS) is 1. The van der Waals surface area contributed by atoms with Crippen LogP contribution in [0.5, 0.6) is 5.75 Å². The van der Waals surface area contributed by atoms with E-state index in [2.05, 4.69) is 10.3 Å². The van der Waals surface area contributed by atoms with Crippen LogP contribution in [0.4, 0.5) is 5.13 Å². The molecular weight excluding hydrogens is 276 g/mol. The van der Waals surface area contributed by atoms with Crippen LogP contribution in [-0.4, -0.2) is 17.6 Å². The third kappa shape index (κ3) is 4.24. The number of ether oxygens (including phenoxy) is 1. The van der Waals surface area contributed by atoms with E-state index in [-0.39, 0.29) is 6.42 Å². The van der Waals surface area contributed by atoms with Gasteiger partial charge in [-0.2, -0.15) is 0 Å². The molecule has 0 amide bonds. The number of carboxylic acids is 1. The van der Waals surface area contributed by atoms with Gasteiger partial charge in [0.25, 0.3) is 0 Å². The number of hydrogen-bond donors (Lipinski definition) is 1. The van der Waals surface area contributed by atoms with Gasteiger partial charge in [-0.05, 0) is 24.6 Å². The predicted molar refractivity (Wildman–Crippen MR) is 75.8 cm³/mol. The Balaban J connectivity index is 1.92. The minimum atomic E-state index is -1.12. The quantitative estimate of drug-likeness (QED) is 0.835. The number of benzene rings is 1. The highest BCUT2D eigenvalue weighted by Crippen LogP contribution is 2.18. The smallest absolute Gasteiger partial charge is 0.183 e. The van der Waals surface area contributed by atoms with Crippen LogP contribution in [0.3, 0.4) is 0 Å². The summed E-state index contributed by atoms with van der Waals surface area (Å²) in [7, 11) is 0. The van der Waals surface area contributed by atoms with Gasteiger partial charge in [-0.3, -0.25) is 0 Å². The number of carbonyl (C=O) groups excluding carboxylic acids is 1. The number of nitrogens with zero attached hydrogens (tertiary/aromatic N) is 1. The minimum absolute atomic E-state index is 0.155. The molecule has 0 atom stereocenters. The molecule has 0 aliphatic heterocycles. The van der Waals surface area contributed by atoms with E-state index in [1.54, 1.807) is 5.38 Å². The molecule has 0 bridgehead atoms. The molecule has 0 saturated heterocycles. The second-order valence-electron chi connectivity index (χ2n) is 4.13. The monoisotopic (exact) mass is 291 g/mol. The van der Waals surface area contributed by atoms with Gasteiger partial charge < -0.3 is 20.0 Å². The predicted octanol–water partition coefficient (Wildman–Crippen LogP) is 1.45. The maximum absolute atomic E-state index is 10.5. The summed E-state index contributed by atoms with van der Waals surface area (Å²) >= 11 is 1.38. The first-order valence-electron chi connectivity index (χ1n) is 6.27. The summed E-state index contributed by atoms with van der Waals surface area (Å²) in [5, 5.41) is 16.1. The first-order chi connectivity index (χ1) is 9.67. The number of aliphatic carboxylic acids is 1. The van der Waals surface area contributed by atoms with Crippen molar-refractivity contribution in [3.05, 3.63) is 40.9 Å². The van der Waals surface area contributed by atoms with Gasteiger partial charge >= 0.3 is 0 Å². The summed E-state index contributed by atoms with van der Waals surface area (Å²) in [5.41, 5.74) is 1.59. The lowest BCUT2D eigenvalue weighted by molar-refractivity contribution is -0.304. The number of carbonyl (C=O) groups is 1. The number of thiazole rings is 1. The molecule has 2 rings (SSSR count). The van der Waals surface area contributed by atoms with Crippen LogP contribution >= 0.6 is 11.3 Å². The summed E-state index contributed by atoms with van der Waals surface area (Å²) in [4.78, 5) is 14.7. The van der Waals surface area contributed by atoms with E-state index in [4.69, 9.17) is 4.74 Å². The average Bonchev–Trinajstić information content (AvgIpc) is 2.84. The van der Waals surface area contributed by atoms with Crippen molar-refractivity contribution in [1.82, 2.24) is 4.98 Å². The number of rotatable bonds is 7. The van der Waals surface area contributed by atoms with Crippen molar-refractivity contribution in [3.63, 3.8) is 0 Å². The molecule has 0 aliphatic rings. The van der Waals surface area contributed by atoms with Crippen LogP contribution in [0.2, 0.25) is 0 Å². The molecule has 0 spiro atoms. The maximum Gasteiger partial charge on any atom is 0.183 e. The minimum Gasteiger partial charge on any atom is -0.550 e. The number of aromatic nitrogens is 1. The SMILES string of the molecule is CCOc1cccc(CNc2nc(CC(=O)[O-])cs2)c1. The number of anilines is 1. The van der Waals surface area contributed by atoms with E-state index in [1.165, 1.54) is 11.3 Å². The largest absolute Gasteiger partial charge is 0.550 e. The van der Waals surface area contributed by atoms with Crippen molar-refractivity contribution < 1.29 is 14.6 Å². The van der Waals surface area contributed by atoms with Gasteiger partial charge in [-0.15, -0.1) is 11.3 Å². The van der Waals surface area contributed by atoms with Crippen LogP contribution in [0.25, 0.3) is 0 Å². The average molecular weight is 291 g/mol. The Labute approximate surface area is 121 Å². The normalized spacial score (nSPS) is 10.2. The van der Waals surface area contributed by atoms with Crippen LogP contribution in [0.15, 0.2) is 29.6 Å². The molecular formula is C14H15N2O3S-. The van der Waals surface area contributed by atoms with E-state index in [9.17, 15) is 9.90 Å². The number of nitrogens with one attached hydrogen (secondary N) is 1. The van der Waals surface area contributed by atoms with Gasteiger partial charge in [-0.1, -0.05) is 12.1 Å². The van der Waals surface area contributed by atoms with Crippen LogP contribution < -0.4 is 15.2 Å². The van der Waals surface area contributed by atoms with E-state index >= 15 is 0 Å². The zero-order valence-corrected chi connectivity index (χ0v) is 11.9. The maximum atomic E-state index is 10.5. The fraction of sp³-hybridized carbons (Fsp3) is 0.286. The third-order valence-corrected chi connectivity index (χ3v) is 3.38. The summed E-state index contributed by atoms with van der Waals surface area (Å²) < 4.78 is 5.43. The first kappa shape index (κ1) is 14.3. The molecule has 5 nitrogen and oxygen atoms in total. The molecule has 0 saturated carbocycles. The Morgan fingerprint density at radius 2 is 2.35 bits per heavy atom. The van der Waals surface area contributed by atoms with E-state index in [0.717, 1.165) is 11.3 Å². The van der Waals surface area contributed by atoms with Crippen LogP contribution in [0, 0.1) is 0 Å². The van der Waals surface area contributed by atoms with Gasteiger partial charge in [-0.25, -0.2) is 4.98 Å². The fourth-order valence-electron chi connectivity index (χ4n) is 1.71. The van der Waals surface area contributed by atoms with Gasteiger partial charge in [0.15, 0.2) is 5.13 Å². The molecule has 0 radical (unpaired) electrons. The van der Waals surface area contributed by atoms with Crippen LogP contribution in [0.1, 0.15) is 18.2 Å². The van der Waals surface area contributed by atoms with Crippen molar-refractivity contribution in [2.24, 2.45) is 0 Å². The van der Waals surface area contributed by atoms with E-state index in [1.807, 2.05) is 31.2 Å². The highest BCUT2D eigenvalue weighted by atomic mass is 32.1. The molecule has 1 N–H and O–H groups in total. The van der Waals surface area contributed by atoms with Crippen LogP contribution in [-0.2, 0) is 17.8 Å². The molecule has 6 heteroatoms. The molecule has 1 heterocycles. The molecule has 0 fully saturated rings. The van der Waals surface area contributed by atoms with Crippen molar-refractivity contribution in [1.29, 1.82) is 0 Å². The highest BCUT2D eigenvalue weighted by molar-refractivity contribution is 7.13. The standard InChI is InChI=1S/C14H16N2O3S/c1-2-19-12-5-3-4-10(6-12)8-15-14-16-11(9-20-14)7-13(17)18/h3-6,9H,2,7-8H2,1H3,(H,15,16)(H,17,18)/p-1. The summed E-state index contributed by atoms with van der Waals surface area (Å²) in [5.74, 6) is -0.283. The second kappa shape index (κ2) is 6.91. The van der Waals surface area contributed by atoms with Crippen molar-refractivity contribution in [3.8, 4) is 5.75 Å². The lowest BCUT2D eigenvalue weighted by atomic mass is 10.2. The van der Waals surface area contributed by atoms with Gasteiger partial charge in [0, 0.05) is 24.3 Å². The molecule has 1 aromatic carbocycles. The van der Waals surface area contributed by atoms with Gasteiger partial charge in [0.05, 0.1) is 12.3 Å². The zero-order chi connectivity index (χ0) is 14.4. The summed E-state index contributed by atoms with van der Waals surface area (Å²) in [6, 6.07) is 7.80. The molecule has 0 unspecified atom stereocenters. The van der Waals surface area contributed by atoms with Crippen molar-refractivity contribution in [2.75, 3.05) is 11.9 Å².